The van der Waals surface area contributed by atoms with Crippen LogP contribution < -0.4 is 0 Å². The standard InChI is InChI=1S/C9H16O4/c1-5(10)6-3-4-7(13-2)9(12)8(6)11/h6-9,11-12H,3-4H2,1-2H3. The fourth-order valence-corrected chi connectivity index (χ4v) is 1.84. The first-order valence-corrected chi connectivity index (χ1v) is 4.47. The number of ether oxygens (including phenoxy) is 1. The van der Waals surface area contributed by atoms with E-state index in [4.69, 9.17) is 4.74 Å². The molecule has 1 aliphatic rings. The van der Waals surface area contributed by atoms with Gasteiger partial charge in [-0.3, -0.25) is 4.79 Å². The van der Waals surface area contributed by atoms with Crippen LogP contribution in [0.2, 0.25) is 0 Å². The lowest BCUT2D eigenvalue weighted by Gasteiger charge is -2.35. The number of carbonyl (C=O) groups excluding carboxylic acids is 1. The molecular weight excluding hydrogens is 172 g/mol. The number of hydrogen-bond acceptors (Lipinski definition) is 4. The van der Waals surface area contributed by atoms with Crippen LogP contribution in [0.4, 0.5) is 0 Å². The second kappa shape index (κ2) is 4.17. The Hall–Kier alpha value is -0.450. The van der Waals surface area contributed by atoms with Crippen LogP contribution >= 0.6 is 0 Å². The largest absolute Gasteiger partial charge is 0.390 e. The zero-order valence-corrected chi connectivity index (χ0v) is 7.93. The molecule has 0 aromatic heterocycles. The summed E-state index contributed by atoms with van der Waals surface area (Å²) in [6, 6.07) is 0. The van der Waals surface area contributed by atoms with Crippen LogP contribution in [0.15, 0.2) is 0 Å². The van der Waals surface area contributed by atoms with E-state index in [1.807, 2.05) is 0 Å². The third kappa shape index (κ3) is 2.07. The highest BCUT2D eigenvalue weighted by Gasteiger charge is 2.39. The predicted molar refractivity (Wildman–Crippen MR) is 46.2 cm³/mol. The number of rotatable bonds is 2. The fraction of sp³-hybridized carbons (Fsp3) is 0.889. The number of ketones is 1. The first kappa shape index (κ1) is 10.6. The first-order valence-electron chi connectivity index (χ1n) is 4.47. The van der Waals surface area contributed by atoms with Gasteiger partial charge in [0.1, 0.15) is 11.9 Å². The molecule has 0 radical (unpaired) electrons. The number of aliphatic hydroxyl groups is 2. The number of hydrogen-bond donors (Lipinski definition) is 2. The number of Topliss-reactive ketones (excluding diaryl/α,β-unsaturated/α-hetero) is 1. The van der Waals surface area contributed by atoms with Gasteiger partial charge >= 0.3 is 0 Å². The van der Waals surface area contributed by atoms with E-state index in [0.717, 1.165) is 0 Å². The predicted octanol–water partition coefficient (Wildman–Crippen LogP) is -0.278. The van der Waals surface area contributed by atoms with Crippen LogP contribution in [0.5, 0.6) is 0 Å². The van der Waals surface area contributed by atoms with E-state index in [9.17, 15) is 15.0 Å². The van der Waals surface area contributed by atoms with Gasteiger partial charge in [0.15, 0.2) is 0 Å². The number of carbonyl (C=O) groups is 1. The second-order valence-electron chi connectivity index (χ2n) is 3.55. The van der Waals surface area contributed by atoms with Crippen LogP contribution in [-0.2, 0) is 9.53 Å². The number of aliphatic hydroxyl groups excluding tert-OH is 2. The Morgan fingerprint density at radius 1 is 1.31 bits per heavy atom. The summed E-state index contributed by atoms with van der Waals surface area (Å²) in [5.74, 6) is -0.498. The molecule has 0 aromatic rings. The molecule has 0 spiro atoms. The quantitative estimate of drug-likeness (QED) is 0.625. The fourth-order valence-electron chi connectivity index (χ4n) is 1.84. The average Bonchev–Trinajstić information content (AvgIpc) is 2.09. The lowest BCUT2D eigenvalue weighted by Crippen LogP contribution is -2.49. The number of methoxy groups -OCH3 is 1. The first-order chi connectivity index (χ1) is 6.07. The van der Waals surface area contributed by atoms with E-state index in [1.165, 1.54) is 14.0 Å². The molecule has 2 N–H and O–H groups in total. The Kier molecular flexibility index (Phi) is 3.41. The summed E-state index contributed by atoms with van der Waals surface area (Å²) in [6.07, 6.45) is -1.04. The van der Waals surface area contributed by atoms with Crippen molar-refractivity contribution in [2.45, 2.75) is 38.1 Å². The van der Waals surface area contributed by atoms with Crippen LogP contribution in [0.3, 0.4) is 0 Å². The van der Waals surface area contributed by atoms with Crippen LogP contribution in [-0.4, -0.2) is 41.4 Å². The highest BCUT2D eigenvalue weighted by atomic mass is 16.5. The lowest BCUT2D eigenvalue weighted by molar-refractivity contribution is -0.145. The van der Waals surface area contributed by atoms with Crippen LogP contribution in [0.1, 0.15) is 19.8 Å². The molecule has 0 saturated heterocycles. The topological polar surface area (TPSA) is 66.8 Å². The Balaban J connectivity index is 2.64. The van der Waals surface area contributed by atoms with Crippen molar-refractivity contribution >= 4 is 5.78 Å². The van der Waals surface area contributed by atoms with Gasteiger partial charge in [-0.25, -0.2) is 0 Å². The minimum atomic E-state index is -0.976. The molecule has 1 fully saturated rings. The van der Waals surface area contributed by atoms with Crippen molar-refractivity contribution in [2.75, 3.05) is 7.11 Å². The molecule has 4 nitrogen and oxygen atoms in total. The summed E-state index contributed by atoms with van der Waals surface area (Å²) in [6.45, 7) is 1.44. The summed E-state index contributed by atoms with van der Waals surface area (Å²) in [7, 11) is 1.49. The van der Waals surface area contributed by atoms with Gasteiger partial charge in [0, 0.05) is 13.0 Å². The SMILES string of the molecule is COC1CCC(C(C)=O)C(O)C1O. The maximum atomic E-state index is 11.0. The van der Waals surface area contributed by atoms with Gasteiger partial charge < -0.3 is 14.9 Å². The highest BCUT2D eigenvalue weighted by Crippen LogP contribution is 2.27. The van der Waals surface area contributed by atoms with Gasteiger partial charge in [-0.05, 0) is 19.8 Å². The highest BCUT2D eigenvalue weighted by molar-refractivity contribution is 5.79. The van der Waals surface area contributed by atoms with Crippen molar-refractivity contribution in [3.05, 3.63) is 0 Å². The third-order valence-corrected chi connectivity index (χ3v) is 2.73. The van der Waals surface area contributed by atoms with Crippen molar-refractivity contribution < 1.29 is 19.7 Å². The van der Waals surface area contributed by atoms with Crippen LogP contribution in [0.25, 0.3) is 0 Å². The molecule has 0 heterocycles. The zero-order valence-electron chi connectivity index (χ0n) is 7.93. The van der Waals surface area contributed by atoms with Crippen molar-refractivity contribution in [3.8, 4) is 0 Å². The van der Waals surface area contributed by atoms with E-state index < -0.39 is 18.1 Å². The van der Waals surface area contributed by atoms with E-state index >= 15 is 0 Å². The molecule has 1 saturated carbocycles. The van der Waals surface area contributed by atoms with Gasteiger partial charge in [0.25, 0.3) is 0 Å². The maximum Gasteiger partial charge on any atom is 0.135 e. The molecule has 13 heavy (non-hydrogen) atoms. The average molecular weight is 188 g/mol. The Morgan fingerprint density at radius 3 is 2.38 bits per heavy atom. The van der Waals surface area contributed by atoms with Crippen molar-refractivity contribution in [3.63, 3.8) is 0 Å². The maximum absolute atomic E-state index is 11.0. The van der Waals surface area contributed by atoms with E-state index in [0.29, 0.717) is 12.8 Å². The Bertz CT molecular complexity index is 192. The molecule has 0 aromatic carbocycles. The molecule has 0 amide bonds. The normalized spacial score (nSPS) is 40.3. The van der Waals surface area contributed by atoms with Gasteiger partial charge in [0.2, 0.25) is 0 Å². The zero-order chi connectivity index (χ0) is 10.0. The van der Waals surface area contributed by atoms with Crippen molar-refractivity contribution in [2.24, 2.45) is 5.92 Å². The van der Waals surface area contributed by atoms with Gasteiger partial charge in [-0.2, -0.15) is 0 Å². The molecule has 0 aliphatic heterocycles. The summed E-state index contributed by atoms with van der Waals surface area (Å²) >= 11 is 0. The van der Waals surface area contributed by atoms with Crippen molar-refractivity contribution in [1.82, 2.24) is 0 Å². The van der Waals surface area contributed by atoms with Gasteiger partial charge in [0.05, 0.1) is 12.2 Å². The molecule has 4 heteroatoms. The second-order valence-corrected chi connectivity index (χ2v) is 3.55. The summed E-state index contributed by atoms with van der Waals surface area (Å²) in [5, 5.41) is 19.1. The molecule has 76 valence electrons. The van der Waals surface area contributed by atoms with E-state index in [2.05, 4.69) is 0 Å². The molecule has 4 atom stereocenters. The lowest BCUT2D eigenvalue weighted by atomic mass is 9.80. The molecule has 1 aliphatic carbocycles. The summed E-state index contributed by atoms with van der Waals surface area (Å²) in [5.41, 5.74) is 0. The van der Waals surface area contributed by atoms with E-state index in [-0.39, 0.29) is 11.9 Å². The smallest absolute Gasteiger partial charge is 0.135 e. The van der Waals surface area contributed by atoms with Crippen molar-refractivity contribution in [1.29, 1.82) is 0 Å². The minimum absolute atomic E-state index is 0.0684. The summed E-state index contributed by atoms with van der Waals surface area (Å²) in [4.78, 5) is 11.0. The van der Waals surface area contributed by atoms with Gasteiger partial charge in [-0.15, -0.1) is 0 Å². The molecule has 4 unspecified atom stereocenters. The third-order valence-electron chi connectivity index (χ3n) is 2.73. The molecule has 1 rings (SSSR count). The molecular formula is C9H16O4. The Morgan fingerprint density at radius 2 is 1.92 bits per heavy atom. The van der Waals surface area contributed by atoms with Crippen LogP contribution in [0, 0.1) is 5.92 Å². The van der Waals surface area contributed by atoms with Gasteiger partial charge in [-0.1, -0.05) is 0 Å². The monoisotopic (exact) mass is 188 g/mol. The molecule has 0 bridgehead atoms. The minimum Gasteiger partial charge on any atom is -0.390 e. The van der Waals surface area contributed by atoms with E-state index in [1.54, 1.807) is 0 Å². The summed E-state index contributed by atoms with van der Waals surface area (Å²) < 4.78 is 4.98. The Labute approximate surface area is 77.5 Å².